The van der Waals surface area contributed by atoms with Gasteiger partial charge in [-0.05, 0) is 24.3 Å². The van der Waals surface area contributed by atoms with Gasteiger partial charge in [-0.3, -0.25) is 25.0 Å². The third-order valence-electron chi connectivity index (χ3n) is 3.83. The van der Waals surface area contributed by atoms with Gasteiger partial charge >= 0.3 is 0 Å². The number of benzene rings is 2. The van der Waals surface area contributed by atoms with Gasteiger partial charge in [-0.2, -0.15) is 4.99 Å². The fourth-order valence-electron chi connectivity index (χ4n) is 2.49. The van der Waals surface area contributed by atoms with Crippen molar-refractivity contribution < 1.29 is 14.5 Å². The minimum atomic E-state index is -0.948. The quantitative estimate of drug-likeness (QED) is 0.257. The number of anilines is 2. The summed E-state index contributed by atoms with van der Waals surface area (Å²) in [5.41, 5.74) is 6.79. The zero-order valence-electron chi connectivity index (χ0n) is 15.0. The molecule has 1 heterocycles. The number of nitrogens with two attached hydrogens (primary N) is 1. The molecule has 148 valence electrons. The highest BCUT2D eigenvalue weighted by Gasteiger charge is 2.28. The number of guanidine groups is 2. The molecule has 0 aromatic heterocycles. The number of nitro groups is 1. The van der Waals surface area contributed by atoms with Crippen LogP contribution in [0.1, 0.15) is 6.42 Å². The van der Waals surface area contributed by atoms with Crippen molar-refractivity contribution in [1.29, 1.82) is 0 Å². The second-order valence-electron chi connectivity index (χ2n) is 6.00. The van der Waals surface area contributed by atoms with Crippen LogP contribution in [0.2, 0.25) is 0 Å². The maximum absolute atomic E-state index is 12.1. The number of nitrogens with one attached hydrogen (secondary N) is 3. The predicted molar refractivity (Wildman–Crippen MR) is 107 cm³/mol. The van der Waals surface area contributed by atoms with Crippen LogP contribution in [0, 0.1) is 10.1 Å². The lowest BCUT2D eigenvalue weighted by atomic mass is 10.2. The molecule has 3 rings (SSSR count). The minimum Gasteiger partial charge on any atom is -0.369 e. The van der Waals surface area contributed by atoms with Gasteiger partial charge in [0.1, 0.15) is 6.04 Å². The molecular weight excluding hydrogens is 378 g/mol. The Balaban J connectivity index is 1.58. The van der Waals surface area contributed by atoms with Crippen LogP contribution in [0.25, 0.3) is 0 Å². The monoisotopic (exact) mass is 395 g/mol. The predicted octanol–water partition coefficient (Wildman–Crippen LogP) is 1.20. The SMILES string of the molecule is NC(=NC1=N[C@H](CC(=O)Nc2ccc([N+](=O)[O-])cc2)C(=O)N1)Nc1ccccc1. The van der Waals surface area contributed by atoms with E-state index in [1.807, 2.05) is 18.2 Å². The molecular formula is C18H17N7O4. The average molecular weight is 395 g/mol. The lowest BCUT2D eigenvalue weighted by molar-refractivity contribution is -0.384. The summed E-state index contributed by atoms with van der Waals surface area (Å²) < 4.78 is 0. The van der Waals surface area contributed by atoms with Gasteiger partial charge in [0.2, 0.25) is 17.8 Å². The third-order valence-corrected chi connectivity index (χ3v) is 3.83. The average Bonchev–Trinajstić information content (AvgIpc) is 3.01. The zero-order valence-corrected chi connectivity index (χ0v) is 15.0. The van der Waals surface area contributed by atoms with Gasteiger partial charge in [-0.15, -0.1) is 0 Å². The van der Waals surface area contributed by atoms with Crippen LogP contribution in [-0.4, -0.2) is 34.7 Å². The first-order valence-corrected chi connectivity index (χ1v) is 8.50. The number of rotatable bonds is 5. The lowest BCUT2D eigenvalue weighted by Crippen LogP contribution is -2.32. The Morgan fingerprint density at radius 3 is 2.45 bits per heavy atom. The molecule has 0 bridgehead atoms. The number of aliphatic imine (C=N–C) groups is 2. The molecule has 2 amide bonds. The van der Waals surface area contributed by atoms with Crippen molar-refractivity contribution in [3.63, 3.8) is 0 Å². The van der Waals surface area contributed by atoms with Crippen LogP contribution < -0.4 is 21.7 Å². The number of carbonyl (C=O) groups excluding carboxylic acids is 2. The van der Waals surface area contributed by atoms with E-state index in [-0.39, 0.29) is 24.0 Å². The Hall–Kier alpha value is -4.28. The van der Waals surface area contributed by atoms with Gasteiger partial charge in [0, 0.05) is 23.5 Å². The molecule has 2 aromatic rings. The number of hydrogen-bond acceptors (Lipinski definition) is 6. The highest BCUT2D eigenvalue weighted by molar-refractivity contribution is 6.11. The molecule has 0 radical (unpaired) electrons. The smallest absolute Gasteiger partial charge is 0.269 e. The van der Waals surface area contributed by atoms with E-state index < -0.39 is 22.8 Å². The molecule has 1 aliphatic heterocycles. The van der Waals surface area contributed by atoms with Crippen molar-refractivity contribution in [2.24, 2.45) is 15.7 Å². The summed E-state index contributed by atoms with van der Waals surface area (Å²) in [6.45, 7) is 0. The molecule has 2 aromatic carbocycles. The first-order chi connectivity index (χ1) is 13.9. The fraction of sp³-hybridized carbons (Fsp3) is 0.111. The van der Waals surface area contributed by atoms with Crippen LogP contribution in [-0.2, 0) is 9.59 Å². The van der Waals surface area contributed by atoms with E-state index in [9.17, 15) is 19.7 Å². The summed E-state index contributed by atoms with van der Waals surface area (Å²) in [4.78, 5) is 42.3. The van der Waals surface area contributed by atoms with E-state index >= 15 is 0 Å². The Bertz CT molecular complexity index is 987. The second kappa shape index (κ2) is 8.61. The standard InChI is InChI=1S/C18H17N7O4/c19-17(21-11-4-2-1-3-5-11)24-18-22-14(16(27)23-18)10-15(26)20-12-6-8-13(9-7-12)25(28)29/h1-9,14H,10H2,(H,20,26)(H4,19,21,22,23,24,27)/t14-/m1/s1. The molecule has 0 saturated heterocycles. The Kier molecular flexibility index (Phi) is 5.78. The summed E-state index contributed by atoms with van der Waals surface area (Å²) >= 11 is 0. The number of non-ortho nitro benzene ring substituents is 1. The summed E-state index contributed by atoms with van der Waals surface area (Å²) in [5, 5.41) is 18.5. The van der Waals surface area contributed by atoms with Crippen LogP contribution in [0.4, 0.5) is 17.1 Å². The third kappa shape index (κ3) is 5.35. The number of nitro benzene ring substituents is 1. The van der Waals surface area contributed by atoms with Gasteiger partial charge in [0.25, 0.3) is 11.6 Å². The van der Waals surface area contributed by atoms with Crippen LogP contribution in [0.15, 0.2) is 64.6 Å². The molecule has 0 saturated carbocycles. The van der Waals surface area contributed by atoms with E-state index in [0.717, 1.165) is 5.69 Å². The number of amides is 2. The number of para-hydroxylation sites is 1. The first-order valence-electron chi connectivity index (χ1n) is 8.50. The highest BCUT2D eigenvalue weighted by Crippen LogP contribution is 2.16. The molecule has 11 heteroatoms. The van der Waals surface area contributed by atoms with E-state index in [4.69, 9.17) is 5.73 Å². The number of hydrogen-bond donors (Lipinski definition) is 4. The van der Waals surface area contributed by atoms with E-state index in [1.54, 1.807) is 12.1 Å². The van der Waals surface area contributed by atoms with Crippen LogP contribution in [0.5, 0.6) is 0 Å². The maximum Gasteiger partial charge on any atom is 0.269 e. The summed E-state index contributed by atoms with van der Waals surface area (Å²) in [6, 6.07) is 13.5. The molecule has 0 unspecified atom stereocenters. The normalized spacial score (nSPS) is 16.0. The van der Waals surface area contributed by atoms with Crippen molar-refractivity contribution in [2.75, 3.05) is 10.6 Å². The summed E-state index contributed by atoms with van der Waals surface area (Å²) in [7, 11) is 0. The Labute approximate surface area is 164 Å². The highest BCUT2D eigenvalue weighted by atomic mass is 16.6. The van der Waals surface area contributed by atoms with Gasteiger partial charge in [-0.25, -0.2) is 4.99 Å². The largest absolute Gasteiger partial charge is 0.369 e. The van der Waals surface area contributed by atoms with Crippen molar-refractivity contribution in [3.05, 3.63) is 64.7 Å². The minimum absolute atomic E-state index is 0.00377. The number of nitrogens with zero attached hydrogens (tertiary/aromatic N) is 3. The summed E-state index contributed by atoms with van der Waals surface area (Å²) in [5.74, 6) is -0.909. The van der Waals surface area contributed by atoms with E-state index in [0.29, 0.717) is 5.69 Å². The molecule has 1 aliphatic rings. The Morgan fingerprint density at radius 2 is 1.79 bits per heavy atom. The first kappa shape index (κ1) is 19.5. The van der Waals surface area contributed by atoms with Crippen molar-refractivity contribution in [2.45, 2.75) is 12.5 Å². The van der Waals surface area contributed by atoms with Crippen molar-refractivity contribution in [3.8, 4) is 0 Å². The molecule has 29 heavy (non-hydrogen) atoms. The molecule has 0 aliphatic carbocycles. The van der Waals surface area contributed by atoms with Crippen LogP contribution in [0.3, 0.4) is 0 Å². The fourth-order valence-corrected chi connectivity index (χ4v) is 2.49. The Morgan fingerprint density at radius 1 is 1.14 bits per heavy atom. The van der Waals surface area contributed by atoms with Gasteiger partial charge < -0.3 is 16.4 Å². The van der Waals surface area contributed by atoms with Gasteiger partial charge in [0.15, 0.2) is 0 Å². The molecule has 1 atom stereocenters. The zero-order chi connectivity index (χ0) is 20.8. The van der Waals surface area contributed by atoms with E-state index in [2.05, 4.69) is 25.9 Å². The topological polar surface area (TPSA) is 164 Å². The van der Waals surface area contributed by atoms with E-state index in [1.165, 1.54) is 24.3 Å². The van der Waals surface area contributed by atoms with Gasteiger partial charge in [0.05, 0.1) is 11.3 Å². The molecule has 11 nitrogen and oxygen atoms in total. The second-order valence-corrected chi connectivity index (χ2v) is 6.00. The van der Waals surface area contributed by atoms with Crippen molar-refractivity contribution >= 4 is 40.8 Å². The molecule has 5 N–H and O–H groups in total. The number of carbonyl (C=O) groups is 2. The molecule has 0 spiro atoms. The van der Waals surface area contributed by atoms with Gasteiger partial charge in [-0.1, -0.05) is 18.2 Å². The van der Waals surface area contributed by atoms with Crippen molar-refractivity contribution in [1.82, 2.24) is 5.32 Å². The molecule has 0 fully saturated rings. The lowest BCUT2D eigenvalue weighted by Gasteiger charge is -2.06. The van der Waals surface area contributed by atoms with Crippen LogP contribution >= 0.6 is 0 Å². The maximum atomic E-state index is 12.1. The summed E-state index contributed by atoms with van der Waals surface area (Å²) in [6.07, 6.45) is -0.214.